The molecule has 0 aliphatic carbocycles. The van der Waals surface area contributed by atoms with Crippen molar-refractivity contribution in [1.82, 2.24) is 10.6 Å². The summed E-state index contributed by atoms with van der Waals surface area (Å²) < 4.78 is 0. The fourth-order valence-corrected chi connectivity index (χ4v) is 2.40. The van der Waals surface area contributed by atoms with E-state index in [4.69, 9.17) is 11.6 Å². The van der Waals surface area contributed by atoms with Gasteiger partial charge in [0.15, 0.2) is 0 Å². The lowest BCUT2D eigenvalue weighted by Gasteiger charge is -2.17. The molecule has 2 rings (SSSR count). The Bertz CT molecular complexity index is 706. The first kappa shape index (κ1) is 18.0. The van der Waals surface area contributed by atoms with Crippen LogP contribution >= 0.6 is 11.6 Å². The Hall–Kier alpha value is -2.37. The van der Waals surface area contributed by atoms with Gasteiger partial charge in [-0.2, -0.15) is 0 Å². The molecule has 0 aromatic heterocycles. The molecule has 0 aliphatic heterocycles. The molecule has 0 heterocycles. The van der Waals surface area contributed by atoms with Crippen LogP contribution in [0, 0.1) is 0 Å². The number of halogens is 1. The highest BCUT2D eigenvalue weighted by atomic mass is 35.5. The third kappa shape index (κ3) is 4.81. The number of benzene rings is 2. The summed E-state index contributed by atoms with van der Waals surface area (Å²) in [6.45, 7) is 1.59. The van der Waals surface area contributed by atoms with E-state index in [1.807, 2.05) is 6.07 Å². The van der Waals surface area contributed by atoms with Crippen LogP contribution in [-0.4, -0.2) is 29.5 Å². The molecule has 2 atom stereocenters. The lowest BCUT2D eigenvalue weighted by Crippen LogP contribution is -2.45. The van der Waals surface area contributed by atoms with Gasteiger partial charge in [0, 0.05) is 22.7 Å². The molecule has 5 nitrogen and oxygen atoms in total. The minimum atomic E-state index is -0.917. The quantitative estimate of drug-likeness (QED) is 0.751. The number of aliphatic hydroxyl groups excluding tert-OH is 1. The van der Waals surface area contributed by atoms with Gasteiger partial charge in [0.25, 0.3) is 5.91 Å². The van der Waals surface area contributed by atoms with E-state index in [9.17, 15) is 14.7 Å². The number of amides is 2. The van der Waals surface area contributed by atoms with Gasteiger partial charge in [0.1, 0.15) is 6.04 Å². The summed E-state index contributed by atoms with van der Waals surface area (Å²) in [7, 11) is 0. The Balaban J connectivity index is 1.86. The van der Waals surface area contributed by atoms with Gasteiger partial charge in [0.05, 0.1) is 6.10 Å². The summed E-state index contributed by atoms with van der Waals surface area (Å²) in [6, 6.07) is 14.8. The number of rotatable bonds is 6. The van der Waals surface area contributed by atoms with Crippen LogP contribution in [0.5, 0.6) is 0 Å². The van der Waals surface area contributed by atoms with E-state index in [1.54, 1.807) is 55.5 Å². The fraction of sp³-hybridized carbons (Fsp3) is 0.222. The number of hydrogen-bond donors (Lipinski definition) is 3. The van der Waals surface area contributed by atoms with Gasteiger partial charge in [0.2, 0.25) is 5.91 Å². The molecule has 2 unspecified atom stereocenters. The van der Waals surface area contributed by atoms with Crippen molar-refractivity contribution in [2.75, 3.05) is 6.54 Å². The van der Waals surface area contributed by atoms with Gasteiger partial charge in [-0.1, -0.05) is 48.0 Å². The van der Waals surface area contributed by atoms with Crippen LogP contribution in [0.4, 0.5) is 0 Å². The van der Waals surface area contributed by atoms with E-state index < -0.39 is 12.1 Å². The standard InChI is InChI=1S/C18H19ClN2O3/c1-12(21-18(24)13-7-3-2-4-8-13)17(23)20-11-16(22)14-9-5-6-10-15(14)19/h2-10,12,16,22H,11H2,1H3,(H,20,23)(H,21,24). The van der Waals surface area contributed by atoms with Crippen LogP contribution in [0.1, 0.15) is 28.9 Å². The second-order valence-electron chi connectivity index (χ2n) is 5.34. The maximum Gasteiger partial charge on any atom is 0.251 e. The van der Waals surface area contributed by atoms with Crippen molar-refractivity contribution in [3.63, 3.8) is 0 Å². The first-order chi connectivity index (χ1) is 11.5. The topological polar surface area (TPSA) is 78.4 Å². The molecule has 6 heteroatoms. The van der Waals surface area contributed by atoms with E-state index in [2.05, 4.69) is 10.6 Å². The van der Waals surface area contributed by atoms with Crippen molar-refractivity contribution in [3.8, 4) is 0 Å². The molecule has 0 fully saturated rings. The van der Waals surface area contributed by atoms with Crippen LogP contribution < -0.4 is 10.6 Å². The maximum absolute atomic E-state index is 12.1. The van der Waals surface area contributed by atoms with Crippen LogP contribution in [0.15, 0.2) is 54.6 Å². The zero-order valence-electron chi connectivity index (χ0n) is 13.2. The van der Waals surface area contributed by atoms with E-state index in [-0.39, 0.29) is 18.4 Å². The highest BCUT2D eigenvalue weighted by Gasteiger charge is 2.18. The molecule has 24 heavy (non-hydrogen) atoms. The summed E-state index contributed by atoms with van der Waals surface area (Å²) >= 11 is 6.00. The Kier molecular flexibility index (Phi) is 6.35. The smallest absolute Gasteiger partial charge is 0.251 e. The number of carbonyl (C=O) groups excluding carboxylic acids is 2. The van der Waals surface area contributed by atoms with Crippen molar-refractivity contribution >= 4 is 23.4 Å². The van der Waals surface area contributed by atoms with Gasteiger partial charge >= 0.3 is 0 Å². The first-order valence-corrected chi connectivity index (χ1v) is 7.93. The molecule has 2 aromatic rings. The van der Waals surface area contributed by atoms with Crippen molar-refractivity contribution in [3.05, 3.63) is 70.7 Å². The predicted molar refractivity (Wildman–Crippen MR) is 92.8 cm³/mol. The zero-order valence-corrected chi connectivity index (χ0v) is 14.0. The van der Waals surface area contributed by atoms with E-state index in [0.29, 0.717) is 16.1 Å². The molecular formula is C18H19ClN2O3. The minimum absolute atomic E-state index is 0.00805. The molecule has 2 amide bonds. The minimum Gasteiger partial charge on any atom is -0.387 e. The molecule has 3 N–H and O–H groups in total. The van der Waals surface area contributed by atoms with Crippen molar-refractivity contribution in [2.45, 2.75) is 19.1 Å². The second-order valence-corrected chi connectivity index (χ2v) is 5.75. The Morgan fingerprint density at radius 2 is 1.71 bits per heavy atom. The Morgan fingerprint density at radius 1 is 1.08 bits per heavy atom. The number of carbonyl (C=O) groups is 2. The number of nitrogens with one attached hydrogen (secondary N) is 2. The SMILES string of the molecule is CC(NC(=O)c1ccccc1)C(=O)NCC(O)c1ccccc1Cl. The third-order valence-electron chi connectivity index (χ3n) is 3.51. The van der Waals surface area contributed by atoms with Crippen LogP contribution in [0.25, 0.3) is 0 Å². The van der Waals surface area contributed by atoms with Crippen LogP contribution in [-0.2, 0) is 4.79 Å². The largest absolute Gasteiger partial charge is 0.387 e. The first-order valence-electron chi connectivity index (χ1n) is 7.55. The Labute approximate surface area is 145 Å². The summed E-state index contributed by atoms with van der Waals surface area (Å²) in [4.78, 5) is 24.1. The average Bonchev–Trinajstić information content (AvgIpc) is 2.60. The molecule has 2 aromatic carbocycles. The molecule has 0 aliphatic rings. The lowest BCUT2D eigenvalue weighted by molar-refractivity contribution is -0.123. The van der Waals surface area contributed by atoms with Gasteiger partial charge in [-0.15, -0.1) is 0 Å². The summed E-state index contributed by atoms with van der Waals surface area (Å²) in [6.07, 6.45) is -0.917. The van der Waals surface area contributed by atoms with E-state index >= 15 is 0 Å². The van der Waals surface area contributed by atoms with E-state index in [0.717, 1.165) is 0 Å². The monoisotopic (exact) mass is 346 g/mol. The Morgan fingerprint density at radius 3 is 2.38 bits per heavy atom. The summed E-state index contributed by atoms with van der Waals surface area (Å²) in [5.74, 6) is -0.713. The molecule has 0 saturated carbocycles. The normalized spacial score (nSPS) is 13.0. The van der Waals surface area contributed by atoms with Crippen molar-refractivity contribution < 1.29 is 14.7 Å². The summed E-state index contributed by atoms with van der Waals surface area (Å²) in [5, 5.41) is 15.8. The third-order valence-corrected chi connectivity index (χ3v) is 3.85. The molecule has 0 saturated heterocycles. The van der Waals surface area contributed by atoms with Crippen LogP contribution in [0.3, 0.4) is 0 Å². The summed E-state index contributed by atoms with van der Waals surface area (Å²) in [5.41, 5.74) is 1.02. The lowest BCUT2D eigenvalue weighted by atomic mass is 10.1. The average molecular weight is 347 g/mol. The molecule has 0 spiro atoms. The molecule has 0 radical (unpaired) electrons. The van der Waals surface area contributed by atoms with Crippen molar-refractivity contribution in [2.24, 2.45) is 0 Å². The predicted octanol–water partition coefficient (Wildman–Crippen LogP) is 2.31. The van der Waals surface area contributed by atoms with Crippen LogP contribution in [0.2, 0.25) is 5.02 Å². The van der Waals surface area contributed by atoms with Gasteiger partial charge < -0.3 is 15.7 Å². The molecule has 126 valence electrons. The maximum atomic E-state index is 12.1. The van der Waals surface area contributed by atoms with E-state index in [1.165, 1.54) is 0 Å². The highest BCUT2D eigenvalue weighted by Crippen LogP contribution is 2.21. The van der Waals surface area contributed by atoms with Crippen molar-refractivity contribution in [1.29, 1.82) is 0 Å². The number of aliphatic hydroxyl groups is 1. The van der Waals surface area contributed by atoms with Gasteiger partial charge in [-0.25, -0.2) is 0 Å². The molecule has 0 bridgehead atoms. The van der Waals surface area contributed by atoms with Gasteiger partial charge in [-0.3, -0.25) is 9.59 Å². The molecular weight excluding hydrogens is 328 g/mol. The zero-order chi connectivity index (χ0) is 17.5. The second kappa shape index (κ2) is 8.47. The highest BCUT2D eigenvalue weighted by molar-refractivity contribution is 6.31. The number of hydrogen-bond acceptors (Lipinski definition) is 3. The fourth-order valence-electron chi connectivity index (χ4n) is 2.14. The van der Waals surface area contributed by atoms with Gasteiger partial charge in [-0.05, 0) is 25.1 Å².